The van der Waals surface area contributed by atoms with Gasteiger partial charge in [-0.2, -0.15) is 0 Å². The van der Waals surface area contributed by atoms with Crippen molar-refractivity contribution in [2.24, 2.45) is 0 Å². The van der Waals surface area contributed by atoms with Crippen LogP contribution in [0.3, 0.4) is 0 Å². The first kappa shape index (κ1) is 13.9. The molecule has 0 fully saturated rings. The van der Waals surface area contributed by atoms with Crippen molar-refractivity contribution in [3.8, 4) is 11.5 Å². The van der Waals surface area contributed by atoms with Gasteiger partial charge < -0.3 is 29.9 Å². The first-order valence-corrected chi connectivity index (χ1v) is 6.50. The van der Waals surface area contributed by atoms with E-state index in [2.05, 4.69) is 0 Å². The van der Waals surface area contributed by atoms with Gasteiger partial charge in [-0.1, -0.05) is 0 Å². The van der Waals surface area contributed by atoms with E-state index in [4.69, 9.17) is 9.47 Å². The highest BCUT2D eigenvalue weighted by Crippen LogP contribution is 2.37. The molecule has 22 heavy (non-hydrogen) atoms. The van der Waals surface area contributed by atoms with E-state index in [0.29, 0.717) is 11.1 Å². The third-order valence-electron chi connectivity index (χ3n) is 3.42. The summed E-state index contributed by atoms with van der Waals surface area (Å²) >= 11 is 0. The van der Waals surface area contributed by atoms with E-state index in [-0.39, 0.29) is 34.5 Å². The van der Waals surface area contributed by atoms with Crippen LogP contribution in [0.1, 0.15) is 5.56 Å². The zero-order chi connectivity index (χ0) is 15.9. The van der Waals surface area contributed by atoms with Crippen LogP contribution in [0.25, 0.3) is 5.76 Å². The number of ether oxygens (including phenoxy) is 2. The molecule has 1 atom stereocenters. The van der Waals surface area contributed by atoms with Crippen molar-refractivity contribution in [2.45, 2.75) is 6.10 Å². The number of hydrogen-bond donors (Lipinski definition) is 4. The molecule has 1 aromatic rings. The summed E-state index contributed by atoms with van der Waals surface area (Å²) < 4.78 is 10.7. The Hall–Kier alpha value is -3.02. The van der Waals surface area contributed by atoms with Crippen LogP contribution in [0.15, 0.2) is 59.3 Å². The Morgan fingerprint density at radius 2 is 1.86 bits per heavy atom. The van der Waals surface area contributed by atoms with Gasteiger partial charge in [0.05, 0.1) is 7.11 Å². The van der Waals surface area contributed by atoms with Crippen LogP contribution >= 0.6 is 0 Å². The maximum absolute atomic E-state index is 10.1. The Morgan fingerprint density at radius 3 is 2.59 bits per heavy atom. The van der Waals surface area contributed by atoms with Crippen molar-refractivity contribution in [3.05, 3.63) is 64.8 Å². The van der Waals surface area contributed by atoms with Crippen LogP contribution in [-0.4, -0.2) is 33.6 Å². The van der Waals surface area contributed by atoms with Crippen molar-refractivity contribution in [1.82, 2.24) is 0 Å². The van der Waals surface area contributed by atoms with Crippen LogP contribution < -0.4 is 4.74 Å². The van der Waals surface area contributed by atoms with Crippen LogP contribution in [-0.2, 0) is 4.74 Å². The van der Waals surface area contributed by atoms with Gasteiger partial charge >= 0.3 is 0 Å². The molecular weight excluding hydrogens is 288 g/mol. The number of methoxy groups -OCH3 is 1. The Morgan fingerprint density at radius 1 is 1.09 bits per heavy atom. The molecule has 0 spiro atoms. The van der Waals surface area contributed by atoms with Gasteiger partial charge in [0.15, 0.2) is 23.0 Å². The maximum Gasteiger partial charge on any atom is 0.169 e. The molecule has 1 unspecified atom stereocenters. The number of phenolic OH excluding ortho intramolecular Hbond substituents is 1. The largest absolute Gasteiger partial charge is 0.508 e. The molecule has 4 N–H and O–H groups in total. The smallest absolute Gasteiger partial charge is 0.169 e. The molecule has 114 valence electrons. The van der Waals surface area contributed by atoms with Crippen LogP contribution in [0.5, 0.6) is 11.5 Å². The topological polar surface area (TPSA) is 99.4 Å². The van der Waals surface area contributed by atoms with E-state index < -0.39 is 6.10 Å². The van der Waals surface area contributed by atoms with E-state index >= 15 is 0 Å². The lowest BCUT2D eigenvalue weighted by Gasteiger charge is -2.27. The van der Waals surface area contributed by atoms with E-state index in [1.54, 1.807) is 6.07 Å². The van der Waals surface area contributed by atoms with Crippen LogP contribution in [0, 0.1) is 0 Å². The molecule has 0 bridgehead atoms. The third kappa shape index (κ3) is 2.24. The summed E-state index contributed by atoms with van der Waals surface area (Å²) in [6.45, 7) is 0. The van der Waals surface area contributed by atoms with Crippen molar-refractivity contribution in [1.29, 1.82) is 0 Å². The predicted molar refractivity (Wildman–Crippen MR) is 78.6 cm³/mol. The van der Waals surface area contributed by atoms with E-state index in [9.17, 15) is 20.4 Å². The fourth-order valence-corrected chi connectivity index (χ4v) is 2.35. The van der Waals surface area contributed by atoms with E-state index in [1.807, 2.05) is 0 Å². The van der Waals surface area contributed by atoms with E-state index in [1.165, 1.54) is 37.5 Å². The number of fused-ring (bicyclic) bond motifs is 1. The van der Waals surface area contributed by atoms with Crippen molar-refractivity contribution in [3.63, 3.8) is 0 Å². The molecule has 1 aliphatic carbocycles. The zero-order valence-electron chi connectivity index (χ0n) is 11.6. The Bertz CT molecular complexity index is 754. The number of phenols is 1. The molecule has 2 aliphatic rings. The lowest BCUT2D eigenvalue weighted by Crippen LogP contribution is -2.22. The van der Waals surface area contributed by atoms with Gasteiger partial charge in [0, 0.05) is 23.3 Å². The first-order valence-electron chi connectivity index (χ1n) is 6.50. The molecule has 0 aromatic heterocycles. The van der Waals surface area contributed by atoms with Gasteiger partial charge in [0.25, 0.3) is 0 Å². The minimum Gasteiger partial charge on any atom is -0.508 e. The molecule has 6 heteroatoms. The van der Waals surface area contributed by atoms with Gasteiger partial charge in [0.1, 0.15) is 17.6 Å². The normalized spacial score (nSPS) is 20.4. The number of aliphatic hydroxyl groups is 3. The quantitative estimate of drug-likeness (QED) is 0.670. The SMILES string of the molecule is COc1cc(C2=C(O)C=C3C(O)=CC(O)=CC3O2)ccc1O. The molecule has 6 nitrogen and oxygen atoms in total. The molecular formula is C16H14O6. The number of hydrogen-bond acceptors (Lipinski definition) is 6. The standard InChI is InChI=1S/C16H14O6/c1-21-15-4-8(2-3-11(15)18)16-13(20)7-10-12(19)5-9(17)6-14(10)22-16/h2-7,14,17-20H,1H3. The lowest BCUT2D eigenvalue weighted by atomic mass is 9.97. The third-order valence-corrected chi connectivity index (χ3v) is 3.42. The summed E-state index contributed by atoms with van der Waals surface area (Å²) in [5.74, 6) is -0.0998. The fourth-order valence-electron chi connectivity index (χ4n) is 2.35. The minimum atomic E-state index is -0.712. The second-order valence-electron chi connectivity index (χ2n) is 4.86. The van der Waals surface area contributed by atoms with Gasteiger partial charge in [-0.05, 0) is 24.3 Å². The number of aromatic hydroxyl groups is 1. The Labute approximate surface area is 126 Å². The second-order valence-corrected chi connectivity index (χ2v) is 4.86. The average molecular weight is 302 g/mol. The number of rotatable bonds is 2. The summed E-state index contributed by atoms with van der Waals surface area (Å²) in [6, 6.07) is 4.49. The molecule has 0 amide bonds. The molecule has 3 rings (SSSR count). The minimum absolute atomic E-state index is 0.0332. The number of benzene rings is 1. The lowest BCUT2D eigenvalue weighted by molar-refractivity contribution is 0.206. The molecule has 1 heterocycles. The van der Waals surface area contributed by atoms with Gasteiger partial charge in [-0.3, -0.25) is 0 Å². The average Bonchev–Trinajstić information content (AvgIpc) is 2.48. The van der Waals surface area contributed by atoms with E-state index in [0.717, 1.165) is 0 Å². The molecule has 1 aliphatic heterocycles. The summed E-state index contributed by atoms with van der Waals surface area (Å²) in [5, 5.41) is 39.1. The summed E-state index contributed by atoms with van der Waals surface area (Å²) in [6.07, 6.45) is 3.25. The zero-order valence-corrected chi connectivity index (χ0v) is 11.6. The maximum atomic E-state index is 10.1. The van der Waals surface area contributed by atoms with Gasteiger partial charge in [-0.25, -0.2) is 0 Å². The Balaban J connectivity index is 2.05. The highest BCUT2D eigenvalue weighted by atomic mass is 16.5. The predicted octanol–water partition coefficient (Wildman–Crippen LogP) is 2.85. The molecule has 1 aromatic carbocycles. The van der Waals surface area contributed by atoms with Crippen molar-refractivity contribution >= 4 is 5.76 Å². The monoisotopic (exact) mass is 302 g/mol. The molecule has 0 radical (unpaired) electrons. The van der Waals surface area contributed by atoms with Crippen LogP contribution in [0.2, 0.25) is 0 Å². The highest BCUT2D eigenvalue weighted by molar-refractivity contribution is 5.69. The second kappa shape index (κ2) is 5.07. The summed E-state index contributed by atoms with van der Waals surface area (Å²) in [5.41, 5.74) is 0.842. The first-order chi connectivity index (χ1) is 10.5. The molecule has 0 saturated heterocycles. The fraction of sp³-hybridized carbons (Fsp3) is 0.125. The Kier molecular flexibility index (Phi) is 3.21. The van der Waals surface area contributed by atoms with Gasteiger partial charge in [0.2, 0.25) is 0 Å². The number of allylic oxidation sites excluding steroid dienone is 2. The highest BCUT2D eigenvalue weighted by Gasteiger charge is 2.29. The summed E-state index contributed by atoms with van der Waals surface area (Å²) in [7, 11) is 1.41. The van der Waals surface area contributed by atoms with Crippen molar-refractivity contribution < 1.29 is 29.9 Å². The molecule has 0 saturated carbocycles. The number of aliphatic hydroxyl groups excluding tert-OH is 3. The van der Waals surface area contributed by atoms with Crippen molar-refractivity contribution in [2.75, 3.05) is 7.11 Å². The van der Waals surface area contributed by atoms with Crippen LogP contribution in [0.4, 0.5) is 0 Å². The van der Waals surface area contributed by atoms with Gasteiger partial charge in [-0.15, -0.1) is 0 Å². The summed E-state index contributed by atoms with van der Waals surface area (Å²) in [4.78, 5) is 0.